The molecule has 3 atom stereocenters. The Morgan fingerprint density at radius 2 is 1.53 bits per heavy atom. The molecule has 0 spiro atoms. The number of halogens is 7. The van der Waals surface area contributed by atoms with Crippen molar-refractivity contribution in [2.24, 2.45) is 5.92 Å². The van der Waals surface area contributed by atoms with Crippen molar-refractivity contribution in [3.05, 3.63) is 70.5 Å². The number of likely N-dealkylation sites (tertiary alicyclic amines) is 1. The highest BCUT2D eigenvalue weighted by atomic mass is 19.4. The van der Waals surface area contributed by atoms with Crippen molar-refractivity contribution >= 4 is 5.91 Å². The van der Waals surface area contributed by atoms with Crippen LogP contribution in [0.15, 0.2) is 42.5 Å². The van der Waals surface area contributed by atoms with Gasteiger partial charge in [-0.05, 0) is 55.3 Å². The summed E-state index contributed by atoms with van der Waals surface area (Å²) < 4.78 is 93.5. The molecule has 2 heterocycles. The molecule has 2 aromatic carbocycles. The summed E-state index contributed by atoms with van der Waals surface area (Å²) in [4.78, 5) is 16.7. The molecule has 2 aliphatic rings. The molecule has 11 heteroatoms. The van der Waals surface area contributed by atoms with Crippen molar-refractivity contribution in [3.63, 3.8) is 0 Å². The highest BCUT2D eigenvalue weighted by Crippen LogP contribution is 2.39. The predicted molar refractivity (Wildman–Crippen MR) is 119 cm³/mol. The standard InChI is InChI=1S/C25H26F7N3O/c1-34-9-7-33-22(14-34)20-6-8-35(13-21(20)15-2-4-19(26)5-3-15)23(36)16-10-17(24(27,28)29)12-18(11-16)25(30,31)32/h2-5,10-12,20-22,33H,6-9,13-14H2,1H3/t20-,21-,22?/m1/s1. The maximum absolute atomic E-state index is 13.6. The molecule has 196 valence electrons. The van der Waals surface area contributed by atoms with Gasteiger partial charge in [-0.3, -0.25) is 4.79 Å². The summed E-state index contributed by atoms with van der Waals surface area (Å²) in [5.41, 5.74) is -2.96. The van der Waals surface area contributed by atoms with Crippen molar-refractivity contribution in [3.8, 4) is 0 Å². The molecule has 0 radical (unpaired) electrons. The number of carbonyl (C=O) groups is 1. The van der Waals surface area contributed by atoms with Gasteiger partial charge in [-0.15, -0.1) is 0 Å². The van der Waals surface area contributed by atoms with Gasteiger partial charge in [0.05, 0.1) is 11.1 Å². The van der Waals surface area contributed by atoms with E-state index in [0.29, 0.717) is 18.6 Å². The molecule has 0 aliphatic carbocycles. The number of likely N-dealkylation sites (N-methyl/N-ethyl adjacent to an activating group) is 1. The Morgan fingerprint density at radius 3 is 2.08 bits per heavy atom. The second-order valence-electron chi connectivity index (χ2n) is 9.48. The molecular formula is C25H26F7N3O. The molecule has 1 unspecified atom stereocenters. The van der Waals surface area contributed by atoms with Crippen LogP contribution in [0.25, 0.3) is 0 Å². The first-order valence-corrected chi connectivity index (χ1v) is 11.6. The minimum atomic E-state index is -5.04. The number of hydrogen-bond acceptors (Lipinski definition) is 3. The fourth-order valence-electron chi connectivity index (χ4n) is 5.18. The van der Waals surface area contributed by atoms with Gasteiger partial charge in [0.25, 0.3) is 5.91 Å². The molecule has 4 rings (SSSR count). The zero-order valence-electron chi connectivity index (χ0n) is 19.5. The minimum absolute atomic E-state index is 0.00950. The number of benzene rings is 2. The third-order valence-electron chi connectivity index (χ3n) is 7.01. The zero-order chi connectivity index (χ0) is 26.3. The third kappa shape index (κ3) is 5.83. The molecule has 2 fully saturated rings. The Hall–Kier alpha value is -2.66. The van der Waals surface area contributed by atoms with Gasteiger partial charge in [0.2, 0.25) is 0 Å². The van der Waals surface area contributed by atoms with Gasteiger partial charge in [-0.25, -0.2) is 4.39 Å². The van der Waals surface area contributed by atoms with Crippen molar-refractivity contribution in [2.45, 2.75) is 30.7 Å². The topological polar surface area (TPSA) is 35.6 Å². The Kier molecular flexibility index (Phi) is 7.34. The van der Waals surface area contributed by atoms with E-state index in [1.807, 2.05) is 7.05 Å². The minimum Gasteiger partial charge on any atom is -0.338 e. The van der Waals surface area contributed by atoms with Crippen LogP contribution in [0, 0.1) is 11.7 Å². The second-order valence-corrected chi connectivity index (χ2v) is 9.48. The van der Waals surface area contributed by atoms with Crippen LogP contribution in [0.2, 0.25) is 0 Å². The number of nitrogens with one attached hydrogen (secondary N) is 1. The summed E-state index contributed by atoms with van der Waals surface area (Å²) >= 11 is 0. The van der Waals surface area contributed by atoms with E-state index in [4.69, 9.17) is 0 Å². The Bertz CT molecular complexity index is 1050. The van der Waals surface area contributed by atoms with E-state index < -0.39 is 40.8 Å². The molecule has 36 heavy (non-hydrogen) atoms. The van der Waals surface area contributed by atoms with Crippen LogP contribution < -0.4 is 5.32 Å². The Labute approximate surface area is 204 Å². The van der Waals surface area contributed by atoms with Crippen LogP contribution in [0.5, 0.6) is 0 Å². The lowest BCUT2D eigenvalue weighted by molar-refractivity contribution is -0.143. The summed E-state index contributed by atoms with van der Waals surface area (Å²) in [5, 5.41) is 3.49. The smallest absolute Gasteiger partial charge is 0.338 e. The van der Waals surface area contributed by atoms with Gasteiger partial charge in [-0.2, -0.15) is 26.3 Å². The molecule has 0 saturated carbocycles. The first-order chi connectivity index (χ1) is 16.8. The lowest BCUT2D eigenvalue weighted by atomic mass is 9.75. The van der Waals surface area contributed by atoms with E-state index in [-0.39, 0.29) is 37.0 Å². The third-order valence-corrected chi connectivity index (χ3v) is 7.01. The summed E-state index contributed by atoms with van der Waals surface area (Å²) in [6.07, 6.45) is -9.60. The van der Waals surface area contributed by atoms with Crippen LogP contribution in [0.3, 0.4) is 0 Å². The van der Waals surface area contributed by atoms with Crippen molar-refractivity contribution < 1.29 is 35.5 Å². The maximum Gasteiger partial charge on any atom is 0.416 e. The average molecular weight is 517 g/mol. The molecule has 1 amide bonds. The predicted octanol–water partition coefficient (Wildman–Crippen LogP) is 5.01. The van der Waals surface area contributed by atoms with Crippen LogP contribution >= 0.6 is 0 Å². The van der Waals surface area contributed by atoms with Crippen LogP contribution in [-0.2, 0) is 12.4 Å². The Morgan fingerprint density at radius 1 is 0.917 bits per heavy atom. The SMILES string of the molecule is CN1CCNC([C@@H]2CCN(C(=O)c3cc(C(F)(F)F)cc(C(F)(F)F)c3)C[C@@H]2c2ccc(F)cc2)C1. The number of amides is 1. The summed E-state index contributed by atoms with van der Waals surface area (Å²) in [7, 11) is 1.99. The molecule has 1 N–H and O–H groups in total. The van der Waals surface area contributed by atoms with Crippen LogP contribution in [0.4, 0.5) is 30.7 Å². The first-order valence-electron chi connectivity index (χ1n) is 11.6. The van der Waals surface area contributed by atoms with Gasteiger partial charge < -0.3 is 15.1 Å². The van der Waals surface area contributed by atoms with Gasteiger partial charge >= 0.3 is 12.4 Å². The molecule has 0 bridgehead atoms. The number of piperidine rings is 1. The second kappa shape index (κ2) is 10.0. The summed E-state index contributed by atoms with van der Waals surface area (Å²) in [5.74, 6) is -1.57. The molecule has 2 saturated heterocycles. The quantitative estimate of drug-likeness (QED) is 0.582. The maximum atomic E-state index is 13.6. The molecule has 4 nitrogen and oxygen atoms in total. The van der Waals surface area contributed by atoms with Gasteiger partial charge in [0.1, 0.15) is 5.82 Å². The van der Waals surface area contributed by atoms with Crippen LogP contribution in [0.1, 0.15) is 39.4 Å². The fraction of sp³-hybridized carbons (Fsp3) is 0.480. The van der Waals surface area contributed by atoms with Crippen LogP contribution in [-0.4, -0.2) is 61.5 Å². The van der Waals surface area contributed by atoms with E-state index in [1.165, 1.54) is 17.0 Å². The van der Waals surface area contributed by atoms with Gasteiger partial charge in [0.15, 0.2) is 0 Å². The van der Waals surface area contributed by atoms with Crippen molar-refractivity contribution in [2.75, 3.05) is 39.8 Å². The fourth-order valence-corrected chi connectivity index (χ4v) is 5.18. The van der Waals surface area contributed by atoms with Crippen molar-refractivity contribution in [1.82, 2.24) is 15.1 Å². The number of nitrogens with zero attached hydrogens (tertiary/aromatic N) is 2. The number of alkyl halides is 6. The molecular weight excluding hydrogens is 491 g/mol. The highest BCUT2D eigenvalue weighted by Gasteiger charge is 2.41. The van der Waals surface area contributed by atoms with Crippen molar-refractivity contribution in [1.29, 1.82) is 0 Å². The number of carbonyl (C=O) groups excluding carboxylic acids is 1. The summed E-state index contributed by atoms with van der Waals surface area (Å²) in [6, 6.07) is 6.84. The summed E-state index contributed by atoms with van der Waals surface area (Å²) in [6.45, 7) is 2.65. The van der Waals surface area contributed by atoms with Gasteiger partial charge in [-0.1, -0.05) is 12.1 Å². The van der Waals surface area contributed by atoms with E-state index >= 15 is 0 Å². The van der Waals surface area contributed by atoms with Gasteiger partial charge in [0, 0.05) is 50.2 Å². The Balaban J connectivity index is 1.65. The normalized spacial score (nSPS) is 24.1. The average Bonchev–Trinajstić information content (AvgIpc) is 2.82. The van der Waals surface area contributed by atoms with E-state index in [2.05, 4.69) is 10.2 Å². The zero-order valence-corrected chi connectivity index (χ0v) is 19.5. The largest absolute Gasteiger partial charge is 0.416 e. The lowest BCUT2D eigenvalue weighted by Gasteiger charge is -2.45. The monoisotopic (exact) mass is 517 g/mol. The molecule has 2 aromatic rings. The van der Waals surface area contributed by atoms with E-state index in [1.54, 1.807) is 12.1 Å². The lowest BCUT2D eigenvalue weighted by Crippen LogP contribution is -2.56. The first kappa shape index (κ1) is 26.4. The highest BCUT2D eigenvalue weighted by molar-refractivity contribution is 5.95. The number of piperazine rings is 1. The van der Waals surface area contributed by atoms with E-state index in [9.17, 15) is 35.5 Å². The number of hydrogen-bond donors (Lipinski definition) is 1. The molecule has 0 aromatic heterocycles. The molecule has 2 aliphatic heterocycles. The number of rotatable bonds is 3. The van der Waals surface area contributed by atoms with E-state index in [0.717, 1.165) is 25.2 Å².